The van der Waals surface area contributed by atoms with Crippen molar-refractivity contribution in [1.82, 2.24) is 9.88 Å². The molecule has 5 nitrogen and oxygen atoms in total. The third-order valence-electron chi connectivity index (χ3n) is 4.26. The van der Waals surface area contributed by atoms with E-state index in [0.29, 0.717) is 31.8 Å². The molecule has 0 spiro atoms. The molecule has 1 atom stereocenters. The Hall–Kier alpha value is -1.76. The van der Waals surface area contributed by atoms with E-state index in [4.69, 9.17) is 10.5 Å². The van der Waals surface area contributed by atoms with Crippen LogP contribution in [0.2, 0.25) is 0 Å². The summed E-state index contributed by atoms with van der Waals surface area (Å²) in [5.41, 5.74) is 6.80. The average molecular weight is 345 g/mol. The van der Waals surface area contributed by atoms with E-state index in [-0.39, 0.29) is 17.6 Å². The fourth-order valence-electron chi connectivity index (χ4n) is 2.86. The number of nitrogens with zero attached hydrogens (tertiary/aromatic N) is 2. The van der Waals surface area contributed by atoms with E-state index in [1.54, 1.807) is 0 Å². The highest BCUT2D eigenvalue weighted by atomic mass is 32.1. The molecule has 1 amide bonds. The Labute approximate surface area is 146 Å². The molecule has 0 aliphatic carbocycles. The van der Waals surface area contributed by atoms with Crippen LogP contribution in [0, 0.1) is 0 Å². The van der Waals surface area contributed by atoms with Gasteiger partial charge in [-0.1, -0.05) is 30.3 Å². The highest BCUT2D eigenvalue weighted by Gasteiger charge is 2.39. The number of aromatic nitrogens is 1. The zero-order valence-corrected chi connectivity index (χ0v) is 14.9. The molecule has 2 heterocycles. The largest absolute Gasteiger partial charge is 0.369 e. The quantitative estimate of drug-likeness (QED) is 0.925. The molecule has 1 aliphatic heterocycles. The number of morpholine rings is 1. The number of carbonyl (C=O) groups is 1. The minimum atomic E-state index is -0.361. The maximum atomic E-state index is 13.0. The van der Waals surface area contributed by atoms with Crippen LogP contribution >= 0.6 is 11.3 Å². The van der Waals surface area contributed by atoms with Gasteiger partial charge in [0.1, 0.15) is 11.8 Å². The first-order chi connectivity index (χ1) is 11.5. The Kier molecular flexibility index (Phi) is 4.99. The van der Waals surface area contributed by atoms with Gasteiger partial charge in [0.15, 0.2) is 0 Å². The predicted molar refractivity (Wildman–Crippen MR) is 95.1 cm³/mol. The van der Waals surface area contributed by atoms with E-state index in [1.165, 1.54) is 11.3 Å². The van der Waals surface area contributed by atoms with Crippen LogP contribution in [-0.4, -0.2) is 41.0 Å². The van der Waals surface area contributed by atoms with E-state index in [2.05, 4.69) is 4.98 Å². The van der Waals surface area contributed by atoms with Gasteiger partial charge in [0.05, 0.1) is 23.7 Å². The van der Waals surface area contributed by atoms with Crippen LogP contribution in [0.4, 0.5) is 0 Å². The topological polar surface area (TPSA) is 68.5 Å². The maximum absolute atomic E-state index is 13.0. The molecule has 0 bridgehead atoms. The van der Waals surface area contributed by atoms with E-state index in [9.17, 15) is 4.79 Å². The van der Waals surface area contributed by atoms with Crippen molar-refractivity contribution in [2.75, 3.05) is 19.7 Å². The van der Waals surface area contributed by atoms with E-state index in [1.807, 2.05) is 54.5 Å². The molecule has 1 fully saturated rings. The van der Waals surface area contributed by atoms with Gasteiger partial charge in [-0.15, -0.1) is 11.3 Å². The minimum Gasteiger partial charge on any atom is -0.369 e. The Morgan fingerprint density at radius 1 is 1.42 bits per heavy atom. The number of rotatable bonds is 4. The Morgan fingerprint density at radius 2 is 2.17 bits per heavy atom. The van der Waals surface area contributed by atoms with Crippen LogP contribution in [0.25, 0.3) is 0 Å². The molecule has 1 aromatic heterocycles. The summed E-state index contributed by atoms with van der Waals surface area (Å²) in [4.78, 5) is 19.3. The highest BCUT2D eigenvalue weighted by molar-refractivity contribution is 7.09. The second-order valence-electron chi connectivity index (χ2n) is 6.60. The number of hydrogen-bond acceptors (Lipinski definition) is 5. The van der Waals surface area contributed by atoms with Gasteiger partial charge in [-0.05, 0) is 26.0 Å². The monoisotopic (exact) mass is 345 g/mol. The lowest BCUT2D eigenvalue weighted by molar-refractivity contribution is -0.0848. The van der Waals surface area contributed by atoms with Crippen LogP contribution in [0.1, 0.15) is 41.0 Å². The molecule has 128 valence electrons. The number of carbonyl (C=O) groups excluding carboxylic acids is 1. The third-order valence-corrected chi connectivity index (χ3v) is 5.17. The predicted octanol–water partition coefficient (Wildman–Crippen LogP) is 2.64. The molecule has 1 saturated heterocycles. The summed E-state index contributed by atoms with van der Waals surface area (Å²) in [5.74, 6) is -0.0382. The smallest absolute Gasteiger partial charge is 0.273 e. The SMILES string of the molecule is CC1(C)COC(c2ccccc2)CN1C(=O)c1csc(CCN)n1. The first-order valence-corrected chi connectivity index (χ1v) is 9.02. The first-order valence-electron chi connectivity index (χ1n) is 8.14. The lowest BCUT2D eigenvalue weighted by Crippen LogP contribution is -2.56. The Balaban J connectivity index is 1.81. The van der Waals surface area contributed by atoms with Crippen LogP contribution < -0.4 is 5.73 Å². The number of benzene rings is 1. The van der Waals surface area contributed by atoms with Crippen LogP contribution in [-0.2, 0) is 11.2 Å². The summed E-state index contributed by atoms with van der Waals surface area (Å²) in [6.07, 6.45) is 0.599. The van der Waals surface area contributed by atoms with E-state index in [0.717, 1.165) is 10.6 Å². The van der Waals surface area contributed by atoms with Gasteiger partial charge in [0.2, 0.25) is 0 Å². The molecule has 24 heavy (non-hydrogen) atoms. The number of thiazole rings is 1. The second kappa shape index (κ2) is 7.01. The van der Waals surface area contributed by atoms with E-state index < -0.39 is 0 Å². The molecule has 1 aliphatic rings. The van der Waals surface area contributed by atoms with Crippen molar-refractivity contribution >= 4 is 17.2 Å². The molecule has 1 unspecified atom stereocenters. The van der Waals surface area contributed by atoms with Crippen molar-refractivity contribution in [3.8, 4) is 0 Å². The van der Waals surface area contributed by atoms with Crippen LogP contribution in [0.5, 0.6) is 0 Å². The van der Waals surface area contributed by atoms with Crippen LogP contribution in [0.15, 0.2) is 35.7 Å². The fourth-order valence-corrected chi connectivity index (χ4v) is 3.65. The first kappa shape index (κ1) is 17.1. The molecule has 0 saturated carbocycles. The molecule has 2 aromatic rings. The van der Waals surface area contributed by atoms with Gasteiger partial charge in [-0.3, -0.25) is 4.79 Å². The lowest BCUT2D eigenvalue weighted by atomic mass is 9.97. The lowest BCUT2D eigenvalue weighted by Gasteiger charge is -2.45. The minimum absolute atomic E-state index is 0.0382. The average Bonchev–Trinajstić information content (AvgIpc) is 3.04. The highest BCUT2D eigenvalue weighted by Crippen LogP contribution is 2.31. The number of nitrogens with two attached hydrogens (primary N) is 1. The van der Waals surface area contributed by atoms with Gasteiger partial charge >= 0.3 is 0 Å². The summed E-state index contributed by atoms with van der Waals surface area (Å²) < 4.78 is 6.01. The van der Waals surface area contributed by atoms with Gasteiger partial charge in [0, 0.05) is 11.8 Å². The molecule has 1 aromatic carbocycles. The number of hydrogen-bond donors (Lipinski definition) is 1. The van der Waals surface area contributed by atoms with Crippen molar-refractivity contribution < 1.29 is 9.53 Å². The van der Waals surface area contributed by atoms with E-state index >= 15 is 0 Å². The van der Waals surface area contributed by atoms with Gasteiger partial charge in [-0.2, -0.15) is 0 Å². The summed E-state index contributed by atoms with van der Waals surface area (Å²) in [7, 11) is 0. The molecular formula is C18H23N3O2S. The van der Waals surface area contributed by atoms with Crippen molar-refractivity contribution in [1.29, 1.82) is 0 Å². The zero-order chi connectivity index (χ0) is 17.2. The molecule has 2 N–H and O–H groups in total. The van der Waals surface area contributed by atoms with Crippen molar-refractivity contribution in [2.45, 2.75) is 31.9 Å². The number of amides is 1. The fraction of sp³-hybridized carbons (Fsp3) is 0.444. The summed E-state index contributed by atoms with van der Waals surface area (Å²) in [6.45, 7) is 5.62. The Morgan fingerprint density at radius 3 is 2.88 bits per heavy atom. The molecular weight excluding hydrogens is 322 g/mol. The summed E-state index contributed by atoms with van der Waals surface area (Å²) >= 11 is 1.49. The molecule has 6 heteroatoms. The van der Waals surface area contributed by atoms with Gasteiger partial charge in [-0.25, -0.2) is 4.98 Å². The summed E-state index contributed by atoms with van der Waals surface area (Å²) in [5, 5.41) is 2.74. The molecule has 0 radical (unpaired) electrons. The summed E-state index contributed by atoms with van der Waals surface area (Å²) in [6, 6.07) is 10.0. The van der Waals surface area contributed by atoms with Gasteiger partial charge < -0.3 is 15.4 Å². The maximum Gasteiger partial charge on any atom is 0.273 e. The van der Waals surface area contributed by atoms with Crippen molar-refractivity contribution in [3.63, 3.8) is 0 Å². The number of ether oxygens (including phenoxy) is 1. The molecule has 3 rings (SSSR count). The zero-order valence-electron chi connectivity index (χ0n) is 14.1. The third kappa shape index (κ3) is 3.50. The van der Waals surface area contributed by atoms with Crippen LogP contribution in [0.3, 0.4) is 0 Å². The van der Waals surface area contributed by atoms with Crippen molar-refractivity contribution in [3.05, 3.63) is 52.0 Å². The second-order valence-corrected chi connectivity index (χ2v) is 7.55. The van der Waals surface area contributed by atoms with Gasteiger partial charge in [0.25, 0.3) is 5.91 Å². The standard InChI is InChI=1S/C18H23N3O2S/c1-18(2)12-23-15(13-6-4-3-5-7-13)10-21(18)17(22)14-11-24-16(20-14)8-9-19/h3-7,11,15H,8-10,12,19H2,1-2H3. The Bertz CT molecular complexity index is 699. The normalized spacial score (nSPS) is 20.1. The van der Waals surface area contributed by atoms with Crippen molar-refractivity contribution in [2.24, 2.45) is 5.73 Å².